The van der Waals surface area contributed by atoms with E-state index in [-0.39, 0.29) is 28.6 Å². The molecule has 1 saturated carbocycles. The van der Waals surface area contributed by atoms with Crippen LogP contribution in [0.5, 0.6) is 0 Å². The van der Waals surface area contributed by atoms with Crippen molar-refractivity contribution >= 4 is 23.1 Å². The van der Waals surface area contributed by atoms with Crippen LogP contribution >= 0.6 is 0 Å². The number of likely N-dealkylation sites (tertiary alicyclic amines) is 1. The summed E-state index contributed by atoms with van der Waals surface area (Å²) >= 11 is 0. The van der Waals surface area contributed by atoms with Gasteiger partial charge in [-0.15, -0.1) is 0 Å². The molecule has 3 heterocycles. The second kappa shape index (κ2) is 7.72. The molecular formula is C22H18F3N7O2. The molecule has 174 valence electrons. The standard InChI is InChI=1S/C22H18F3N7O2/c23-22(24,25)14-3-13(8-26)4-15(5-14)29-20(34)30-16-6-21(7-16)11-31(12-21)19(33)17-9-28-32-2-1-27-10-18(17)32/h1-5,9-10,16H,6-7,11-12H2,(H2,29,30,34). The van der Waals surface area contributed by atoms with Crippen molar-refractivity contribution in [2.45, 2.75) is 25.1 Å². The smallest absolute Gasteiger partial charge is 0.337 e. The summed E-state index contributed by atoms with van der Waals surface area (Å²) in [6.45, 7) is 1.12. The molecule has 34 heavy (non-hydrogen) atoms. The average Bonchev–Trinajstić information content (AvgIpc) is 3.17. The zero-order valence-electron chi connectivity index (χ0n) is 17.6. The van der Waals surface area contributed by atoms with Gasteiger partial charge in [0.2, 0.25) is 0 Å². The van der Waals surface area contributed by atoms with Gasteiger partial charge in [0.1, 0.15) is 0 Å². The Labute approximate surface area is 191 Å². The summed E-state index contributed by atoms with van der Waals surface area (Å²) in [6, 6.07) is 3.56. The van der Waals surface area contributed by atoms with Crippen LogP contribution in [-0.2, 0) is 6.18 Å². The first-order valence-corrected chi connectivity index (χ1v) is 10.4. The molecule has 0 bridgehead atoms. The Hall–Kier alpha value is -4.14. The molecule has 9 nitrogen and oxygen atoms in total. The maximum Gasteiger partial charge on any atom is 0.416 e. The number of nitriles is 1. The van der Waals surface area contributed by atoms with Crippen molar-refractivity contribution < 1.29 is 22.8 Å². The lowest BCUT2D eigenvalue weighted by atomic mass is 9.60. The van der Waals surface area contributed by atoms with E-state index in [9.17, 15) is 22.8 Å². The van der Waals surface area contributed by atoms with Crippen LogP contribution < -0.4 is 10.6 Å². The van der Waals surface area contributed by atoms with E-state index in [1.807, 2.05) is 0 Å². The fourth-order valence-corrected chi connectivity index (χ4v) is 4.70. The summed E-state index contributed by atoms with van der Waals surface area (Å²) in [7, 11) is 0. The topological polar surface area (TPSA) is 115 Å². The molecule has 0 radical (unpaired) electrons. The Morgan fingerprint density at radius 1 is 1.18 bits per heavy atom. The lowest BCUT2D eigenvalue weighted by Crippen LogP contribution is -2.67. The molecule has 0 unspecified atom stereocenters. The first-order chi connectivity index (χ1) is 16.2. The molecule has 2 fully saturated rings. The number of alkyl halides is 3. The Morgan fingerprint density at radius 2 is 1.94 bits per heavy atom. The van der Waals surface area contributed by atoms with Gasteiger partial charge in [-0.05, 0) is 31.0 Å². The van der Waals surface area contributed by atoms with E-state index in [4.69, 9.17) is 5.26 Å². The Morgan fingerprint density at radius 3 is 2.65 bits per heavy atom. The third-order valence-electron chi connectivity index (χ3n) is 6.24. The number of anilines is 1. The summed E-state index contributed by atoms with van der Waals surface area (Å²) < 4.78 is 40.6. The molecule has 12 heteroatoms. The molecule has 5 rings (SSSR count). The second-order valence-corrected chi connectivity index (χ2v) is 8.74. The maximum absolute atomic E-state index is 13.0. The quantitative estimate of drug-likeness (QED) is 0.612. The number of carbonyl (C=O) groups excluding carboxylic acids is 2. The molecule has 1 spiro atoms. The van der Waals surface area contributed by atoms with Crippen LogP contribution in [-0.4, -0.2) is 50.6 Å². The van der Waals surface area contributed by atoms with Crippen LogP contribution in [0.3, 0.4) is 0 Å². The fraction of sp³-hybridized carbons (Fsp3) is 0.318. The highest BCUT2D eigenvalue weighted by Crippen LogP contribution is 2.48. The van der Waals surface area contributed by atoms with Gasteiger partial charge < -0.3 is 15.5 Å². The molecule has 3 amide bonds. The molecule has 1 saturated heterocycles. The minimum atomic E-state index is -4.63. The molecule has 1 aliphatic carbocycles. The fourth-order valence-electron chi connectivity index (χ4n) is 4.70. The number of fused-ring (bicyclic) bond motifs is 1. The van der Waals surface area contributed by atoms with Crippen molar-refractivity contribution in [2.24, 2.45) is 5.41 Å². The summed E-state index contributed by atoms with van der Waals surface area (Å²) in [5.41, 5.74) is -0.277. The number of halogens is 3. The van der Waals surface area contributed by atoms with Crippen LogP contribution in [0.25, 0.3) is 5.52 Å². The third-order valence-corrected chi connectivity index (χ3v) is 6.24. The third kappa shape index (κ3) is 3.89. The summed E-state index contributed by atoms with van der Waals surface area (Å²) in [5, 5.41) is 18.2. The van der Waals surface area contributed by atoms with Crippen LogP contribution in [0.4, 0.5) is 23.7 Å². The monoisotopic (exact) mass is 469 g/mol. The lowest BCUT2D eigenvalue weighted by molar-refractivity contribution is -0.137. The first kappa shape index (κ1) is 21.7. The van der Waals surface area contributed by atoms with Crippen molar-refractivity contribution in [3.05, 3.63) is 59.7 Å². The largest absolute Gasteiger partial charge is 0.416 e. The van der Waals surface area contributed by atoms with Crippen LogP contribution in [0.15, 0.2) is 43.0 Å². The van der Waals surface area contributed by atoms with E-state index >= 15 is 0 Å². The number of nitrogens with zero attached hydrogens (tertiary/aromatic N) is 5. The van der Waals surface area contributed by atoms with E-state index in [1.165, 1.54) is 12.3 Å². The van der Waals surface area contributed by atoms with Crippen LogP contribution in [0.1, 0.15) is 34.3 Å². The number of rotatable bonds is 3. The first-order valence-electron chi connectivity index (χ1n) is 10.4. The number of amides is 3. The molecule has 1 aliphatic heterocycles. The minimum absolute atomic E-state index is 0.0704. The van der Waals surface area contributed by atoms with Crippen LogP contribution in [0.2, 0.25) is 0 Å². The van der Waals surface area contributed by atoms with Gasteiger partial charge >= 0.3 is 12.2 Å². The van der Waals surface area contributed by atoms with Gasteiger partial charge in [-0.3, -0.25) is 9.78 Å². The zero-order chi connectivity index (χ0) is 24.1. The summed E-state index contributed by atoms with van der Waals surface area (Å²) in [6.07, 6.45) is 3.04. The molecule has 2 N–H and O–H groups in total. The highest BCUT2D eigenvalue weighted by molar-refractivity contribution is 6.01. The normalized spacial score (nSPS) is 17.1. The van der Waals surface area contributed by atoms with Gasteiger partial charge in [-0.25, -0.2) is 9.31 Å². The SMILES string of the molecule is N#Cc1cc(NC(=O)NC2CC3(C2)CN(C(=O)c2cnn4ccncc24)C3)cc(C(F)(F)F)c1. The number of carbonyl (C=O) groups is 2. The Kier molecular flexibility index (Phi) is 4.93. The van der Waals surface area contributed by atoms with Crippen LogP contribution in [0, 0.1) is 16.7 Å². The van der Waals surface area contributed by atoms with Gasteiger partial charge in [0.25, 0.3) is 5.91 Å². The predicted octanol–water partition coefficient (Wildman–Crippen LogP) is 3.05. The number of urea groups is 1. The summed E-state index contributed by atoms with van der Waals surface area (Å²) in [4.78, 5) is 30.8. The summed E-state index contributed by atoms with van der Waals surface area (Å²) in [5.74, 6) is -0.124. The van der Waals surface area contributed by atoms with E-state index in [2.05, 4.69) is 20.7 Å². The molecule has 2 aliphatic rings. The van der Waals surface area contributed by atoms with Gasteiger partial charge in [-0.2, -0.15) is 23.5 Å². The Balaban J connectivity index is 1.14. The van der Waals surface area contributed by atoms with Gasteiger partial charge in [0.05, 0.1) is 40.7 Å². The molecule has 2 aromatic heterocycles. The molecule has 0 atom stereocenters. The predicted molar refractivity (Wildman–Crippen MR) is 113 cm³/mol. The highest BCUT2D eigenvalue weighted by Gasteiger charge is 2.54. The number of hydrogen-bond acceptors (Lipinski definition) is 5. The van der Waals surface area contributed by atoms with Crippen molar-refractivity contribution in [1.29, 1.82) is 5.26 Å². The van der Waals surface area contributed by atoms with E-state index in [0.717, 1.165) is 12.1 Å². The molecule has 1 aromatic carbocycles. The van der Waals surface area contributed by atoms with E-state index in [0.29, 0.717) is 37.0 Å². The number of benzene rings is 1. The van der Waals surface area contributed by atoms with Gasteiger partial charge in [-0.1, -0.05) is 0 Å². The molecule has 3 aromatic rings. The highest BCUT2D eigenvalue weighted by atomic mass is 19.4. The van der Waals surface area contributed by atoms with E-state index < -0.39 is 17.8 Å². The van der Waals surface area contributed by atoms with Crippen molar-refractivity contribution in [1.82, 2.24) is 24.8 Å². The maximum atomic E-state index is 13.0. The second-order valence-electron chi connectivity index (χ2n) is 8.74. The van der Waals surface area contributed by atoms with Crippen molar-refractivity contribution in [3.8, 4) is 6.07 Å². The lowest BCUT2D eigenvalue weighted by Gasteiger charge is -2.58. The number of hydrogen-bond donors (Lipinski definition) is 2. The molecular weight excluding hydrogens is 451 g/mol. The minimum Gasteiger partial charge on any atom is -0.337 e. The van der Waals surface area contributed by atoms with Crippen molar-refractivity contribution in [2.75, 3.05) is 18.4 Å². The number of nitrogens with one attached hydrogen (secondary N) is 2. The average molecular weight is 469 g/mol. The van der Waals surface area contributed by atoms with E-state index in [1.54, 1.807) is 34.1 Å². The van der Waals surface area contributed by atoms with Gasteiger partial charge in [0, 0.05) is 42.6 Å². The van der Waals surface area contributed by atoms with Gasteiger partial charge in [0.15, 0.2) is 0 Å². The Bertz CT molecular complexity index is 1330. The number of aromatic nitrogens is 3. The van der Waals surface area contributed by atoms with Crippen molar-refractivity contribution in [3.63, 3.8) is 0 Å². The zero-order valence-corrected chi connectivity index (χ0v) is 17.6.